The summed E-state index contributed by atoms with van der Waals surface area (Å²) >= 11 is 0. The summed E-state index contributed by atoms with van der Waals surface area (Å²) in [5.41, 5.74) is 10.9. The highest BCUT2D eigenvalue weighted by Crippen LogP contribution is 2.42. The first-order chi connectivity index (χ1) is 27.7. The smallest absolute Gasteiger partial charge is 0.164 e. The van der Waals surface area contributed by atoms with Gasteiger partial charge < -0.3 is 0 Å². The Balaban J connectivity index is 1.10. The lowest BCUT2D eigenvalue weighted by Crippen LogP contribution is -2.00. The zero-order valence-electron chi connectivity index (χ0n) is 30.1. The highest BCUT2D eigenvalue weighted by atomic mass is 15.0. The summed E-state index contributed by atoms with van der Waals surface area (Å²) in [7, 11) is 0. The molecule has 0 N–H and O–H groups in total. The van der Waals surface area contributed by atoms with Crippen molar-refractivity contribution in [2.45, 2.75) is 0 Å². The Morgan fingerprint density at radius 1 is 0.339 bits per heavy atom. The molecule has 0 atom stereocenters. The van der Waals surface area contributed by atoms with Crippen molar-refractivity contribution in [1.29, 1.82) is 5.26 Å². The number of benzene rings is 8. The molecule has 2 heterocycles. The van der Waals surface area contributed by atoms with Crippen molar-refractivity contribution >= 4 is 32.4 Å². The Morgan fingerprint density at radius 2 is 0.839 bits per heavy atom. The molecule has 0 saturated carbocycles. The van der Waals surface area contributed by atoms with E-state index >= 15 is 0 Å². The molecule has 0 radical (unpaired) electrons. The topological polar surface area (TPSA) is 75.3 Å². The van der Waals surface area contributed by atoms with Gasteiger partial charge in [0.1, 0.15) is 0 Å². The second-order valence-electron chi connectivity index (χ2n) is 13.8. The van der Waals surface area contributed by atoms with Crippen LogP contribution in [0.2, 0.25) is 0 Å². The molecular formula is C51H31N5. The Labute approximate surface area is 323 Å². The van der Waals surface area contributed by atoms with Gasteiger partial charge in [-0.1, -0.05) is 140 Å². The van der Waals surface area contributed by atoms with Gasteiger partial charge in [-0.05, 0) is 91.8 Å². The molecule has 10 aromatic rings. The molecule has 56 heavy (non-hydrogen) atoms. The van der Waals surface area contributed by atoms with Crippen LogP contribution in [0.25, 0.3) is 100.0 Å². The number of pyridine rings is 1. The highest BCUT2D eigenvalue weighted by Gasteiger charge is 2.17. The molecule has 0 aliphatic carbocycles. The molecule has 0 aliphatic rings. The van der Waals surface area contributed by atoms with Crippen LogP contribution in [-0.4, -0.2) is 19.9 Å². The molecule has 0 saturated heterocycles. The van der Waals surface area contributed by atoms with Crippen LogP contribution in [0.5, 0.6) is 0 Å². The third kappa shape index (κ3) is 5.92. The van der Waals surface area contributed by atoms with E-state index in [1.807, 2.05) is 97.2 Å². The van der Waals surface area contributed by atoms with Crippen molar-refractivity contribution < 1.29 is 0 Å². The van der Waals surface area contributed by atoms with Gasteiger partial charge in [0.25, 0.3) is 0 Å². The molecule has 5 nitrogen and oxygen atoms in total. The summed E-state index contributed by atoms with van der Waals surface area (Å²) < 4.78 is 0. The van der Waals surface area contributed by atoms with Gasteiger partial charge in [0.15, 0.2) is 17.5 Å². The van der Waals surface area contributed by atoms with Crippen LogP contribution in [0.1, 0.15) is 5.56 Å². The van der Waals surface area contributed by atoms with E-state index in [2.05, 4.69) is 97.1 Å². The summed E-state index contributed by atoms with van der Waals surface area (Å²) in [5.74, 6) is 1.89. The average molecular weight is 714 g/mol. The number of hydrogen-bond donors (Lipinski definition) is 0. The molecule has 0 aliphatic heterocycles. The maximum absolute atomic E-state index is 9.41. The van der Waals surface area contributed by atoms with Gasteiger partial charge in [-0.25, -0.2) is 15.0 Å². The molecule has 5 heteroatoms. The van der Waals surface area contributed by atoms with E-state index in [0.29, 0.717) is 23.0 Å². The number of fused-ring (bicyclic) bond motifs is 5. The van der Waals surface area contributed by atoms with Gasteiger partial charge in [0.2, 0.25) is 0 Å². The van der Waals surface area contributed by atoms with Gasteiger partial charge in [-0.3, -0.25) is 4.98 Å². The van der Waals surface area contributed by atoms with Crippen LogP contribution in [0.4, 0.5) is 0 Å². The minimum Gasteiger partial charge on any atom is -0.256 e. The van der Waals surface area contributed by atoms with E-state index in [1.54, 1.807) is 0 Å². The Morgan fingerprint density at radius 3 is 1.50 bits per heavy atom. The van der Waals surface area contributed by atoms with E-state index in [4.69, 9.17) is 19.9 Å². The van der Waals surface area contributed by atoms with Crippen LogP contribution in [-0.2, 0) is 0 Å². The normalized spacial score (nSPS) is 11.2. The van der Waals surface area contributed by atoms with Gasteiger partial charge >= 0.3 is 0 Å². The third-order valence-electron chi connectivity index (χ3n) is 10.4. The van der Waals surface area contributed by atoms with Crippen LogP contribution in [0, 0.1) is 11.3 Å². The Hall–Kier alpha value is -7.81. The summed E-state index contributed by atoms with van der Waals surface area (Å²) in [6, 6.07) is 64.7. The summed E-state index contributed by atoms with van der Waals surface area (Å²) in [4.78, 5) is 19.7. The van der Waals surface area contributed by atoms with Gasteiger partial charge in [0.05, 0.1) is 17.1 Å². The van der Waals surface area contributed by atoms with Crippen molar-refractivity contribution in [3.05, 3.63) is 194 Å². The van der Waals surface area contributed by atoms with E-state index in [0.717, 1.165) is 71.7 Å². The molecule has 0 unspecified atom stereocenters. The summed E-state index contributed by atoms with van der Waals surface area (Å²) in [5, 5.41) is 15.1. The van der Waals surface area contributed by atoms with E-state index < -0.39 is 0 Å². The lowest BCUT2D eigenvalue weighted by Gasteiger charge is -2.16. The molecule has 10 rings (SSSR count). The fourth-order valence-corrected chi connectivity index (χ4v) is 7.65. The largest absolute Gasteiger partial charge is 0.256 e. The third-order valence-corrected chi connectivity index (χ3v) is 10.4. The maximum atomic E-state index is 9.41. The minimum absolute atomic E-state index is 0.622. The van der Waals surface area contributed by atoms with Crippen molar-refractivity contribution in [3.63, 3.8) is 0 Å². The fraction of sp³-hybridized carbons (Fsp3) is 0. The standard InChI is InChI=1S/C51H31N5/c52-32-33-23-25-34(26-24-33)45-31-46-42-21-8-7-20-41(42)44(30-47(46)43-22-11-27-53-48(43)45)39-18-9-16-37(28-39)38-17-10-19-40(29-38)51-55-49(35-12-3-1-4-13-35)54-50(56-51)36-14-5-2-6-15-36/h1-31H. The highest BCUT2D eigenvalue weighted by molar-refractivity contribution is 6.23. The molecule has 8 aromatic carbocycles. The van der Waals surface area contributed by atoms with Crippen molar-refractivity contribution in [1.82, 2.24) is 19.9 Å². The predicted molar refractivity (Wildman–Crippen MR) is 227 cm³/mol. The number of rotatable bonds is 6. The number of nitrogens with zero attached hydrogens (tertiary/aromatic N) is 5. The van der Waals surface area contributed by atoms with Crippen LogP contribution < -0.4 is 0 Å². The molecule has 0 spiro atoms. The van der Waals surface area contributed by atoms with E-state index in [1.165, 1.54) is 10.8 Å². The van der Waals surface area contributed by atoms with Crippen LogP contribution >= 0.6 is 0 Å². The van der Waals surface area contributed by atoms with Crippen LogP contribution in [0.15, 0.2) is 188 Å². The zero-order chi connectivity index (χ0) is 37.4. The summed E-state index contributed by atoms with van der Waals surface area (Å²) in [6.07, 6.45) is 1.85. The van der Waals surface area contributed by atoms with Gasteiger partial charge in [0, 0.05) is 33.8 Å². The summed E-state index contributed by atoms with van der Waals surface area (Å²) in [6.45, 7) is 0. The van der Waals surface area contributed by atoms with Crippen molar-refractivity contribution in [2.24, 2.45) is 0 Å². The zero-order valence-corrected chi connectivity index (χ0v) is 30.1. The maximum Gasteiger partial charge on any atom is 0.164 e. The monoisotopic (exact) mass is 713 g/mol. The lowest BCUT2D eigenvalue weighted by atomic mass is 9.88. The molecule has 0 bridgehead atoms. The molecule has 0 amide bonds. The van der Waals surface area contributed by atoms with Crippen LogP contribution in [0.3, 0.4) is 0 Å². The first kappa shape index (κ1) is 32.8. The average Bonchev–Trinajstić information content (AvgIpc) is 3.29. The number of aromatic nitrogens is 4. The lowest BCUT2D eigenvalue weighted by molar-refractivity contribution is 1.07. The van der Waals surface area contributed by atoms with Gasteiger partial charge in [-0.15, -0.1) is 0 Å². The van der Waals surface area contributed by atoms with E-state index in [-0.39, 0.29) is 0 Å². The van der Waals surface area contributed by atoms with Crippen molar-refractivity contribution in [3.8, 4) is 73.6 Å². The Kier molecular flexibility index (Phi) is 8.13. The molecule has 0 fully saturated rings. The first-order valence-corrected chi connectivity index (χ1v) is 18.5. The quantitative estimate of drug-likeness (QED) is 0.160. The predicted octanol–water partition coefficient (Wildman–Crippen LogP) is 12.6. The van der Waals surface area contributed by atoms with Crippen molar-refractivity contribution in [2.75, 3.05) is 0 Å². The molecular weight excluding hydrogens is 683 g/mol. The molecule has 260 valence electrons. The van der Waals surface area contributed by atoms with Gasteiger partial charge in [-0.2, -0.15) is 5.26 Å². The number of nitriles is 1. The fourth-order valence-electron chi connectivity index (χ4n) is 7.65. The second kappa shape index (κ2) is 13.9. The Bertz CT molecular complexity index is 3070. The second-order valence-corrected chi connectivity index (χ2v) is 13.8. The SMILES string of the molecule is N#Cc1ccc(-c2cc3c4ccccc4c(-c4cccc(-c5cccc(-c6nc(-c7ccccc7)nc(-c7ccccc7)n6)c5)c4)cc3c3cccnc23)cc1. The molecule has 2 aromatic heterocycles. The van der Waals surface area contributed by atoms with E-state index in [9.17, 15) is 5.26 Å². The minimum atomic E-state index is 0.622. The number of hydrogen-bond acceptors (Lipinski definition) is 5. The first-order valence-electron chi connectivity index (χ1n) is 18.5.